The molecule has 1 aromatic carbocycles. The number of hydrogen-bond acceptors (Lipinski definition) is 6. The van der Waals surface area contributed by atoms with Gasteiger partial charge >= 0.3 is 0 Å². The summed E-state index contributed by atoms with van der Waals surface area (Å²) in [6.45, 7) is 0. The van der Waals surface area contributed by atoms with Crippen molar-refractivity contribution in [3.63, 3.8) is 0 Å². The third-order valence-electron chi connectivity index (χ3n) is 2.20. The van der Waals surface area contributed by atoms with E-state index in [0.29, 0.717) is 17.2 Å². The first-order valence-electron chi connectivity index (χ1n) is 5.07. The fourth-order valence-electron chi connectivity index (χ4n) is 1.36. The van der Waals surface area contributed by atoms with Crippen LogP contribution in [0.25, 0.3) is 0 Å². The molecule has 0 bridgehead atoms. The summed E-state index contributed by atoms with van der Waals surface area (Å²) >= 11 is 0. The van der Waals surface area contributed by atoms with Crippen molar-refractivity contribution >= 4 is 5.69 Å². The molecule has 0 unspecified atom stereocenters. The van der Waals surface area contributed by atoms with E-state index >= 15 is 0 Å². The molecule has 0 fully saturated rings. The second-order valence-corrected chi connectivity index (χ2v) is 3.37. The summed E-state index contributed by atoms with van der Waals surface area (Å²) in [5, 5.41) is 16.4. The Morgan fingerprint density at radius 2 is 2.11 bits per heavy atom. The van der Waals surface area contributed by atoms with Crippen molar-refractivity contribution in [1.29, 1.82) is 5.26 Å². The van der Waals surface area contributed by atoms with E-state index in [1.807, 2.05) is 6.07 Å². The number of nitrogens with two attached hydrogens (primary N) is 1. The lowest BCUT2D eigenvalue weighted by Gasteiger charge is -2.10. The van der Waals surface area contributed by atoms with Crippen LogP contribution in [0.4, 0.5) is 5.69 Å². The fourth-order valence-corrected chi connectivity index (χ4v) is 1.36. The van der Waals surface area contributed by atoms with Gasteiger partial charge in [-0.15, -0.1) is 5.10 Å². The number of aromatic nitrogens is 2. The van der Waals surface area contributed by atoms with Crippen molar-refractivity contribution in [1.82, 2.24) is 10.2 Å². The molecule has 0 spiro atoms. The first-order chi connectivity index (χ1) is 8.74. The molecule has 0 aliphatic heterocycles. The van der Waals surface area contributed by atoms with Gasteiger partial charge in [-0.1, -0.05) is 0 Å². The van der Waals surface area contributed by atoms with Crippen LogP contribution in [0.15, 0.2) is 30.5 Å². The highest BCUT2D eigenvalue weighted by atomic mass is 16.5. The molecule has 2 aromatic rings. The summed E-state index contributed by atoms with van der Waals surface area (Å²) in [6, 6.07) is 8.44. The molecule has 6 heteroatoms. The monoisotopic (exact) mass is 242 g/mol. The zero-order chi connectivity index (χ0) is 13.0. The molecule has 0 saturated carbocycles. The van der Waals surface area contributed by atoms with E-state index < -0.39 is 0 Å². The van der Waals surface area contributed by atoms with Crippen LogP contribution in [0.1, 0.15) is 5.56 Å². The van der Waals surface area contributed by atoms with E-state index in [1.165, 1.54) is 19.4 Å². The Labute approximate surface area is 104 Å². The summed E-state index contributed by atoms with van der Waals surface area (Å²) in [6.07, 6.45) is 1.42. The van der Waals surface area contributed by atoms with Crippen LogP contribution in [0.3, 0.4) is 0 Å². The van der Waals surface area contributed by atoms with Gasteiger partial charge in [0.15, 0.2) is 11.5 Å². The topological polar surface area (TPSA) is 94.1 Å². The SMILES string of the molecule is COc1ccc(N)cc1Oc1nnccc1C#N. The quantitative estimate of drug-likeness (QED) is 0.823. The van der Waals surface area contributed by atoms with Crippen LogP contribution < -0.4 is 15.2 Å². The number of nitrogen functional groups attached to an aromatic ring is 1. The third-order valence-corrected chi connectivity index (χ3v) is 2.20. The van der Waals surface area contributed by atoms with Gasteiger partial charge in [0.25, 0.3) is 5.88 Å². The van der Waals surface area contributed by atoms with E-state index in [9.17, 15) is 0 Å². The molecule has 0 aliphatic carbocycles. The van der Waals surface area contributed by atoms with Gasteiger partial charge in [0.05, 0.1) is 13.3 Å². The van der Waals surface area contributed by atoms with Gasteiger partial charge in [-0.25, -0.2) is 0 Å². The molecule has 6 nitrogen and oxygen atoms in total. The minimum Gasteiger partial charge on any atom is -0.493 e. The number of nitriles is 1. The van der Waals surface area contributed by atoms with Crippen LogP contribution in [-0.2, 0) is 0 Å². The third kappa shape index (κ3) is 2.30. The molecular formula is C12H10N4O2. The van der Waals surface area contributed by atoms with Crippen LogP contribution in [0.2, 0.25) is 0 Å². The lowest BCUT2D eigenvalue weighted by atomic mass is 10.3. The lowest BCUT2D eigenvalue weighted by Crippen LogP contribution is -1.97. The Balaban J connectivity index is 2.40. The minimum absolute atomic E-state index is 0.115. The summed E-state index contributed by atoms with van der Waals surface area (Å²) in [5.41, 5.74) is 6.48. The lowest BCUT2D eigenvalue weighted by molar-refractivity contribution is 0.372. The van der Waals surface area contributed by atoms with E-state index in [1.54, 1.807) is 18.2 Å². The van der Waals surface area contributed by atoms with Gasteiger partial charge in [0.2, 0.25) is 0 Å². The minimum atomic E-state index is 0.115. The molecule has 90 valence electrons. The van der Waals surface area contributed by atoms with Crippen molar-refractivity contribution in [2.45, 2.75) is 0 Å². The molecule has 0 radical (unpaired) electrons. The molecule has 1 heterocycles. The molecular weight excluding hydrogens is 232 g/mol. The van der Waals surface area contributed by atoms with Gasteiger partial charge in [-0.05, 0) is 18.2 Å². The number of anilines is 1. The van der Waals surface area contributed by atoms with Crippen molar-refractivity contribution < 1.29 is 9.47 Å². The first-order valence-corrected chi connectivity index (χ1v) is 5.07. The van der Waals surface area contributed by atoms with Gasteiger partial charge in [-0.3, -0.25) is 0 Å². The van der Waals surface area contributed by atoms with E-state index in [2.05, 4.69) is 10.2 Å². The van der Waals surface area contributed by atoms with Crippen LogP contribution in [-0.4, -0.2) is 17.3 Å². The fraction of sp³-hybridized carbons (Fsp3) is 0.0833. The standard InChI is InChI=1S/C12H10N4O2/c1-17-10-3-2-9(14)6-11(10)18-12-8(7-13)4-5-15-16-12/h2-6H,14H2,1H3. The van der Waals surface area contributed by atoms with Crippen molar-refractivity contribution in [3.8, 4) is 23.4 Å². The molecule has 2 N–H and O–H groups in total. The number of ether oxygens (including phenoxy) is 2. The zero-order valence-corrected chi connectivity index (χ0v) is 9.62. The molecule has 0 saturated heterocycles. The normalized spacial score (nSPS) is 9.56. The maximum atomic E-state index is 8.92. The highest BCUT2D eigenvalue weighted by Gasteiger charge is 2.10. The Bertz CT molecular complexity index is 607. The van der Waals surface area contributed by atoms with Crippen molar-refractivity contribution in [3.05, 3.63) is 36.0 Å². The molecule has 0 atom stereocenters. The predicted molar refractivity (Wildman–Crippen MR) is 64.2 cm³/mol. The Morgan fingerprint density at radius 1 is 1.28 bits per heavy atom. The maximum Gasteiger partial charge on any atom is 0.257 e. The van der Waals surface area contributed by atoms with E-state index in [0.717, 1.165) is 0 Å². The van der Waals surface area contributed by atoms with E-state index in [-0.39, 0.29) is 11.4 Å². The van der Waals surface area contributed by atoms with E-state index in [4.69, 9.17) is 20.5 Å². The summed E-state index contributed by atoms with van der Waals surface area (Å²) in [7, 11) is 1.51. The smallest absolute Gasteiger partial charge is 0.257 e. The number of hydrogen-bond donors (Lipinski definition) is 1. The Hall–Kier alpha value is -2.81. The number of nitrogens with zero attached hydrogens (tertiary/aromatic N) is 3. The first kappa shape index (κ1) is 11.7. The average Bonchev–Trinajstić information content (AvgIpc) is 2.40. The average molecular weight is 242 g/mol. The zero-order valence-electron chi connectivity index (χ0n) is 9.62. The highest BCUT2D eigenvalue weighted by molar-refractivity contribution is 5.53. The number of benzene rings is 1. The highest BCUT2D eigenvalue weighted by Crippen LogP contribution is 2.33. The van der Waals surface area contributed by atoms with Gasteiger partial charge < -0.3 is 15.2 Å². The summed E-state index contributed by atoms with van der Waals surface area (Å²) in [5.74, 6) is 0.997. The van der Waals surface area contributed by atoms with Crippen molar-refractivity contribution in [2.75, 3.05) is 12.8 Å². The summed E-state index contributed by atoms with van der Waals surface area (Å²) in [4.78, 5) is 0. The molecule has 0 aliphatic rings. The van der Waals surface area contributed by atoms with Gasteiger partial charge in [0.1, 0.15) is 11.6 Å². The molecule has 2 rings (SSSR count). The van der Waals surface area contributed by atoms with Gasteiger partial charge in [0, 0.05) is 11.8 Å². The predicted octanol–water partition coefficient (Wildman–Crippen LogP) is 1.73. The van der Waals surface area contributed by atoms with Crippen LogP contribution in [0, 0.1) is 11.3 Å². The molecule has 18 heavy (non-hydrogen) atoms. The van der Waals surface area contributed by atoms with Crippen LogP contribution in [0.5, 0.6) is 17.4 Å². The van der Waals surface area contributed by atoms with Gasteiger partial charge in [-0.2, -0.15) is 10.4 Å². The Morgan fingerprint density at radius 3 is 2.83 bits per heavy atom. The van der Waals surface area contributed by atoms with Crippen LogP contribution >= 0.6 is 0 Å². The molecule has 1 aromatic heterocycles. The number of methoxy groups -OCH3 is 1. The molecule has 0 amide bonds. The second kappa shape index (κ2) is 5.01. The largest absolute Gasteiger partial charge is 0.493 e. The summed E-state index contributed by atoms with van der Waals surface area (Å²) < 4.78 is 10.6. The maximum absolute atomic E-state index is 8.92. The second-order valence-electron chi connectivity index (χ2n) is 3.37. The Kier molecular flexibility index (Phi) is 3.25. The van der Waals surface area contributed by atoms with Crippen molar-refractivity contribution in [2.24, 2.45) is 0 Å². The number of rotatable bonds is 3.